The van der Waals surface area contributed by atoms with Crippen LogP contribution in [0.4, 0.5) is 0 Å². The molecule has 1 fully saturated rings. The van der Waals surface area contributed by atoms with Crippen molar-refractivity contribution in [3.8, 4) is 11.5 Å². The van der Waals surface area contributed by atoms with Crippen molar-refractivity contribution in [3.63, 3.8) is 0 Å². The van der Waals surface area contributed by atoms with Gasteiger partial charge in [-0.3, -0.25) is 4.98 Å². The van der Waals surface area contributed by atoms with E-state index in [1.807, 2.05) is 12.4 Å². The normalized spacial score (nSPS) is 22.9. The molecule has 0 radical (unpaired) electrons. The number of nitrogens with zero attached hydrogens (tertiary/aromatic N) is 3. The Labute approximate surface area is 120 Å². The van der Waals surface area contributed by atoms with Gasteiger partial charge in [-0.25, -0.2) is 4.98 Å². The van der Waals surface area contributed by atoms with Crippen molar-refractivity contribution in [3.05, 3.63) is 36.3 Å². The van der Waals surface area contributed by atoms with E-state index in [9.17, 15) is 0 Å². The standard InChI is InChI=1S/C16H22N4/c1-12-5-6-15(19-11-12)16-18-7-8-20(16)14-4-2-3-13(9-14)10-17/h5-8,11,13-14H,2-4,9-10,17H2,1H3/t13-,14+/m0/s1. The van der Waals surface area contributed by atoms with Crippen LogP contribution >= 0.6 is 0 Å². The molecule has 4 heteroatoms. The molecule has 3 rings (SSSR count). The molecule has 0 bridgehead atoms. The van der Waals surface area contributed by atoms with Crippen LogP contribution in [0.15, 0.2) is 30.7 Å². The van der Waals surface area contributed by atoms with Gasteiger partial charge in [0.25, 0.3) is 0 Å². The van der Waals surface area contributed by atoms with Gasteiger partial charge in [0, 0.05) is 24.6 Å². The van der Waals surface area contributed by atoms with E-state index in [2.05, 4.69) is 39.8 Å². The molecule has 1 saturated carbocycles. The fraction of sp³-hybridized carbons (Fsp3) is 0.500. The summed E-state index contributed by atoms with van der Waals surface area (Å²) in [5.41, 5.74) is 7.98. The first-order valence-electron chi connectivity index (χ1n) is 7.44. The molecule has 2 heterocycles. The molecule has 2 atom stereocenters. The number of aryl methyl sites for hydroxylation is 1. The second kappa shape index (κ2) is 5.75. The second-order valence-electron chi connectivity index (χ2n) is 5.80. The number of imidazole rings is 1. The summed E-state index contributed by atoms with van der Waals surface area (Å²) in [6.45, 7) is 2.85. The molecule has 0 spiro atoms. The Bertz CT molecular complexity index is 558. The summed E-state index contributed by atoms with van der Waals surface area (Å²) < 4.78 is 2.29. The maximum Gasteiger partial charge on any atom is 0.158 e. The minimum Gasteiger partial charge on any atom is -0.330 e. The third kappa shape index (κ3) is 2.61. The first-order chi connectivity index (χ1) is 9.78. The first kappa shape index (κ1) is 13.3. The highest BCUT2D eigenvalue weighted by atomic mass is 15.1. The number of pyridine rings is 1. The Morgan fingerprint density at radius 1 is 1.30 bits per heavy atom. The van der Waals surface area contributed by atoms with Gasteiger partial charge in [-0.2, -0.15) is 0 Å². The van der Waals surface area contributed by atoms with Gasteiger partial charge in [-0.1, -0.05) is 12.5 Å². The largest absolute Gasteiger partial charge is 0.330 e. The van der Waals surface area contributed by atoms with Crippen molar-refractivity contribution in [2.75, 3.05) is 6.54 Å². The Morgan fingerprint density at radius 2 is 2.20 bits per heavy atom. The van der Waals surface area contributed by atoms with Crippen LogP contribution < -0.4 is 5.73 Å². The van der Waals surface area contributed by atoms with Crippen LogP contribution in [0.3, 0.4) is 0 Å². The zero-order chi connectivity index (χ0) is 13.9. The molecule has 0 unspecified atom stereocenters. The van der Waals surface area contributed by atoms with E-state index in [1.165, 1.54) is 24.8 Å². The zero-order valence-electron chi connectivity index (χ0n) is 12.0. The van der Waals surface area contributed by atoms with E-state index in [-0.39, 0.29) is 0 Å². The maximum absolute atomic E-state index is 5.85. The Balaban J connectivity index is 1.88. The van der Waals surface area contributed by atoms with Gasteiger partial charge in [-0.05, 0) is 50.3 Å². The van der Waals surface area contributed by atoms with E-state index in [0.29, 0.717) is 12.0 Å². The van der Waals surface area contributed by atoms with E-state index in [1.54, 1.807) is 0 Å². The van der Waals surface area contributed by atoms with Gasteiger partial charge in [-0.15, -0.1) is 0 Å². The van der Waals surface area contributed by atoms with E-state index in [4.69, 9.17) is 5.73 Å². The average molecular weight is 270 g/mol. The summed E-state index contributed by atoms with van der Waals surface area (Å²) in [6, 6.07) is 4.65. The lowest BCUT2D eigenvalue weighted by atomic mass is 9.85. The SMILES string of the molecule is Cc1ccc(-c2nccn2[C@@H]2CCC[C@H](CN)C2)nc1. The minimum atomic E-state index is 0.512. The Morgan fingerprint density at radius 3 is 2.95 bits per heavy atom. The highest BCUT2D eigenvalue weighted by Crippen LogP contribution is 2.34. The lowest BCUT2D eigenvalue weighted by Gasteiger charge is -2.30. The molecule has 0 saturated heterocycles. The quantitative estimate of drug-likeness (QED) is 0.933. The number of rotatable bonds is 3. The molecule has 106 valence electrons. The Hall–Kier alpha value is -1.68. The summed E-state index contributed by atoms with van der Waals surface area (Å²) in [7, 11) is 0. The lowest BCUT2D eigenvalue weighted by Crippen LogP contribution is -2.24. The van der Waals surface area contributed by atoms with Crippen LogP contribution in [-0.4, -0.2) is 21.1 Å². The first-order valence-corrected chi connectivity index (χ1v) is 7.44. The van der Waals surface area contributed by atoms with Crippen LogP contribution in [0, 0.1) is 12.8 Å². The molecule has 2 aromatic rings. The number of hydrogen-bond acceptors (Lipinski definition) is 3. The Kier molecular flexibility index (Phi) is 3.83. The van der Waals surface area contributed by atoms with E-state index >= 15 is 0 Å². The molecule has 20 heavy (non-hydrogen) atoms. The van der Waals surface area contributed by atoms with Crippen molar-refractivity contribution < 1.29 is 0 Å². The van der Waals surface area contributed by atoms with Gasteiger partial charge in [0.2, 0.25) is 0 Å². The number of hydrogen-bond donors (Lipinski definition) is 1. The molecule has 4 nitrogen and oxygen atoms in total. The zero-order valence-corrected chi connectivity index (χ0v) is 12.0. The van der Waals surface area contributed by atoms with Gasteiger partial charge in [0.15, 0.2) is 5.82 Å². The molecule has 2 aromatic heterocycles. The van der Waals surface area contributed by atoms with Gasteiger partial charge in [0.05, 0.1) is 0 Å². The number of nitrogens with two attached hydrogens (primary N) is 1. The smallest absolute Gasteiger partial charge is 0.158 e. The van der Waals surface area contributed by atoms with Crippen molar-refractivity contribution >= 4 is 0 Å². The topological polar surface area (TPSA) is 56.7 Å². The summed E-state index contributed by atoms with van der Waals surface area (Å²) in [4.78, 5) is 9.02. The van der Waals surface area contributed by atoms with Crippen molar-refractivity contribution in [2.45, 2.75) is 38.6 Å². The molecular weight excluding hydrogens is 248 g/mol. The summed E-state index contributed by atoms with van der Waals surface area (Å²) in [5, 5.41) is 0. The van der Waals surface area contributed by atoms with Gasteiger partial charge in [0.1, 0.15) is 5.69 Å². The molecule has 1 aliphatic rings. The predicted octanol–water partition coefficient (Wildman–Crippen LogP) is 2.94. The van der Waals surface area contributed by atoms with Crippen molar-refractivity contribution in [2.24, 2.45) is 11.7 Å². The predicted molar refractivity (Wildman–Crippen MR) is 80.2 cm³/mol. The fourth-order valence-electron chi connectivity index (χ4n) is 3.14. The summed E-state index contributed by atoms with van der Waals surface area (Å²) in [5.74, 6) is 1.63. The molecule has 1 aliphatic carbocycles. The van der Waals surface area contributed by atoms with Crippen molar-refractivity contribution in [1.29, 1.82) is 0 Å². The second-order valence-corrected chi connectivity index (χ2v) is 5.80. The fourth-order valence-corrected chi connectivity index (χ4v) is 3.14. The maximum atomic E-state index is 5.85. The monoisotopic (exact) mass is 270 g/mol. The van der Waals surface area contributed by atoms with Crippen LogP contribution in [0.1, 0.15) is 37.3 Å². The van der Waals surface area contributed by atoms with Crippen LogP contribution in [0.25, 0.3) is 11.5 Å². The third-order valence-corrected chi connectivity index (χ3v) is 4.29. The number of aromatic nitrogens is 3. The van der Waals surface area contributed by atoms with Crippen LogP contribution in [0.5, 0.6) is 0 Å². The lowest BCUT2D eigenvalue weighted by molar-refractivity contribution is 0.273. The molecule has 2 N–H and O–H groups in total. The average Bonchev–Trinajstić information content (AvgIpc) is 2.97. The van der Waals surface area contributed by atoms with Crippen molar-refractivity contribution in [1.82, 2.24) is 14.5 Å². The summed E-state index contributed by atoms with van der Waals surface area (Å²) in [6.07, 6.45) is 10.8. The minimum absolute atomic E-state index is 0.512. The van der Waals surface area contributed by atoms with Crippen LogP contribution in [-0.2, 0) is 0 Å². The molecular formula is C16H22N4. The van der Waals surface area contributed by atoms with Gasteiger partial charge < -0.3 is 10.3 Å². The molecule has 0 aliphatic heterocycles. The summed E-state index contributed by atoms with van der Waals surface area (Å²) >= 11 is 0. The molecule has 0 aromatic carbocycles. The van der Waals surface area contributed by atoms with E-state index in [0.717, 1.165) is 24.5 Å². The molecule has 0 amide bonds. The van der Waals surface area contributed by atoms with Crippen LogP contribution in [0.2, 0.25) is 0 Å². The third-order valence-electron chi connectivity index (χ3n) is 4.29. The highest BCUT2D eigenvalue weighted by molar-refractivity contribution is 5.50. The van der Waals surface area contributed by atoms with Gasteiger partial charge >= 0.3 is 0 Å². The van der Waals surface area contributed by atoms with E-state index < -0.39 is 0 Å². The highest BCUT2D eigenvalue weighted by Gasteiger charge is 2.24.